The molecule has 4 nitrogen and oxygen atoms in total. The molecule has 0 aliphatic carbocycles. The van der Waals surface area contributed by atoms with Crippen molar-refractivity contribution in [2.45, 2.75) is 17.3 Å². The summed E-state index contributed by atoms with van der Waals surface area (Å²) in [6.07, 6.45) is 3.85. The summed E-state index contributed by atoms with van der Waals surface area (Å²) in [5.41, 5.74) is 0.890. The van der Waals surface area contributed by atoms with Crippen molar-refractivity contribution in [1.29, 1.82) is 0 Å². The van der Waals surface area contributed by atoms with Crippen LogP contribution in [0.5, 0.6) is 0 Å². The third-order valence-electron chi connectivity index (χ3n) is 2.31. The molecule has 0 saturated carbocycles. The number of hydrogen-bond acceptors (Lipinski definition) is 4. The molecule has 90 valence electrons. The van der Waals surface area contributed by atoms with E-state index >= 15 is 0 Å². The Morgan fingerprint density at radius 1 is 1.53 bits per heavy atom. The maximum absolute atomic E-state index is 4.19. The van der Waals surface area contributed by atoms with Crippen molar-refractivity contribution in [3.05, 3.63) is 37.1 Å². The molecule has 0 fully saturated rings. The van der Waals surface area contributed by atoms with Gasteiger partial charge in [-0.3, -0.25) is 4.40 Å². The fourth-order valence-corrected chi connectivity index (χ4v) is 2.43. The number of thioether (sulfide) groups is 1. The van der Waals surface area contributed by atoms with E-state index in [1.807, 2.05) is 34.9 Å². The van der Waals surface area contributed by atoms with Crippen LogP contribution in [0.25, 0.3) is 5.65 Å². The van der Waals surface area contributed by atoms with Gasteiger partial charge in [-0.25, -0.2) is 0 Å². The monoisotopic (exact) mass is 248 g/mol. The molecule has 1 atom stereocenters. The van der Waals surface area contributed by atoms with Crippen LogP contribution < -0.4 is 5.32 Å². The Bertz CT molecular complexity index is 494. The quantitative estimate of drug-likeness (QED) is 0.482. The van der Waals surface area contributed by atoms with Gasteiger partial charge in [0.15, 0.2) is 10.8 Å². The van der Waals surface area contributed by atoms with Crippen molar-refractivity contribution < 1.29 is 0 Å². The van der Waals surface area contributed by atoms with Gasteiger partial charge in [-0.2, -0.15) is 0 Å². The second-order valence-corrected chi connectivity index (χ2v) is 5.19. The Morgan fingerprint density at radius 2 is 2.41 bits per heavy atom. The molecule has 2 rings (SSSR count). The fraction of sp³-hybridized carbons (Fsp3) is 0.333. The Morgan fingerprint density at radius 3 is 3.24 bits per heavy atom. The van der Waals surface area contributed by atoms with Crippen LogP contribution in [0.4, 0.5) is 0 Å². The van der Waals surface area contributed by atoms with Crippen LogP contribution in [-0.2, 0) is 0 Å². The molecule has 0 saturated heterocycles. The average Bonchev–Trinajstić information content (AvgIpc) is 2.73. The highest BCUT2D eigenvalue weighted by Crippen LogP contribution is 2.21. The molecule has 17 heavy (non-hydrogen) atoms. The van der Waals surface area contributed by atoms with Gasteiger partial charge < -0.3 is 5.32 Å². The predicted octanol–water partition coefficient (Wildman–Crippen LogP) is 1.99. The highest BCUT2D eigenvalue weighted by atomic mass is 32.2. The number of rotatable bonds is 6. The molecule has 2 aromatic rings. The van der Waals surface area contributed by atoms with Crippen LogP contribution in [0.2, 0.25) is 0 Å². The summed E-state index contributed by atoms with van der Waals surface area (Å²) in [4.78, 5) is 0. The lowest BCUT2D eigenvalue weighted by molar-refractivity contribution is 0.737. The summed E-state index contributed by atoms with van der Waals surface area (Å²) in [5.74, 6) is 0. The third-order valence-corrected chi connectivity index (χ3v) is 3.37. The summed E-state index contributed by atoms with van der Waals surface area (Å²) in [5, 5.41) is 13.0. The molecule has 0 bridgehead atoms. The molecule has 0 radical (unpaired) electrons. The average molecular weight is 248 g/mol. The highest BCUT2D eigenvalue weighted by Gasteiger charge is 2.09. The number of aromatic nitrogens is 3. The zero-order chi connectivity index (χ0) is 12.1. The lowest BCUT2D eigenvalue weighted by atomic mass is 10.4. The third kappa shape index (κ3) is 3.08. The van der Waals surface area contributed by atoms with Gasteiger partial charge in [-0.05, 0) is 12.1 Å². The number of nitrogens with one attached hydrogen (secondary N) is 1. The summed E-state index contributed by atoms with van der Waals surface area (Å²) in [6.45, 7) is 7.62. The Hall–Kier alpha value is -1.33. The summed E-state index contributed by atoms with van der Waals surface area (Å²) in [7, 11) is 0. The molecule has 0 aliphatic rings. The first kappa shape index (κ1) is 12.1. The second-order valence-electron chi connectivity index (χ2n) is 3.79. The lowest BCUT2D eigenvalue weighted by Gasteiger charge is -2.09. The molecular weight excluding hydrogens is 232 g/mol. The SMILES string of the molecule is C=CCNCC(C)Sc1nnc2ccccn12. The lowest BCUT2D eigenvalue weighted by Crippen LogP contribution is -2.22. The Kier molecular flexibility index (Phi) is 4.17. The van der Waals surface area contributed by atoms with Crippen LogP contribution in [0.3, 0.4) is 0 Å². The zero-order valence-corrected chi connectivity index (χ0v) is 10.7. The van der Waals surface area contributed by atoms with Gasteiger partial charge in [0.1, 0.15) is 0 Å². The molecule has 5 heteroatoms. The molecule has 0 aromatic carbocycles. The van der Waals surface area contributed by atoms with Gasteiger partial charge in [0, 0.05) is 24.5 Å². The van der Waals surface area contributed by atoms with E-state index in [9.17, 15) is 0 Å². The molecule has 2 heterocycles. The van der Waals surface area contributed by atoms with Gasteiger partial charge in [0.05, 0.1) is 0 Å². The first-order chi connectivity index (χ1) is 8.31. The van der Waals surface area contributed by atoms with Crippen LogP contribution in [0, 0.1) is 0 Å². The highest BCUT2D eigenvalue weighted by molar-refractivity contribution is 7.99. The Labute approximate surface area is 105 Å². The summed E-state index contributed by atoms with van der Waals surface area (Å²) >= 11 is 1.72. The van der Waals surface area contributed by atoms with Crippen LogP contribution in [0.15, 0.2) is 42.2 Å². The molecular formula is C12H16N4S. The van der Waals surface area contributed by atoms with Crippen LogP contribution in [-0.4, -0.2) is 32.9 Å². The minimum Gasteiger partial charge on any atom is -0.312 e. The fourth-order valence-electron chi connectivity index (χ4n) is 1.51. The van der Waals surface area contributed by atoms with Gasteiger partial charge in [-0.1, -0.05) is 30.8 Å². The van der Waals surface area contributed by atoms with Gasteiger partial charge >= 0.3 is 0 Å². The topological polar surface area (TPSA) is 42.2 Å². The summed E-state index contributed by atoms with van der Waals surface area (Å²) < 4.78 is 2.01. The first-order valence-electron chi connectivity index (χ1n) is 5.59. The molecule has 0 spiro atoms. The number of nitrogens with zero attached hydrogens (tertiary/aromatic N) is 3. The van der Waals surface area contributed by atoms with Crippen molar-refractivity contribution in [1.82, 2.24) is 19.9 Å². The van der Waals surface area contributed by atoms with E-state index in [1.165, 1.54) is 0 Å². The summed E-state index contributed by atoms with van der Waals surface area (Å²) in [6, 6.07) is 5.91. The molecule has 0 amide bonds. The Balaban J connectivity index is 2.00. The number of fused-ring (bicyclic) bond motifs is 1. The van der Waals surface area contributed by atoms with Crippen molar-refractivity contribution in [2.75, 3.05) is 13.1 Å². The van der Waals surface area contributed by atoms with E-state index in [1.54, 1.807) is 11.8 Å². The molecule has 2 aromatic heterocycles. The van der Waals surface area contributed by atoms with E-state index in [4.69, 9.17) is 0 Å². The smallest absolute Gasteiger partial charge is 0.195 e. The van der Waals surface area contributed by atoms with Crippen molar-refractivity contribution >= 4 is 17.4 Å². The van der Waals surface area contributed by atoms with Gasteiger partial charge in [0.2, 0.25) is 0 Å². The van der Waals surface area contributed by atoms with E-state index in [0.717, 1.165) is 23.9 Å². The minimum absolute atomic E-state index is 0.447. The standard InChI is InChI=1S/C12H16N4S/c1-3-7-13-9-10(2)17-12-15-14-11-6-4-5-8-16(11)12/h3-6,8,10,13H,1,7,9H2,2H3. The molecule has 0 aliphatic heterocycles. The van der Waals surface area contributed by atoms with E-state index in [2.05, 4.69) is 29.0 Å². The molecule has 1 unspecified atom stereocenters. The normalized spacial score (nSPS) is 12.8. The number of hydrogen-bond donors (Lipinski definition) is 1. The maximum atomic E-state index is 4.19. The zero-order valence-electron chi connectivity index (χ0n) is 9.84. The van der Waals surface area contributed by atoms with Crippen LogP contribution in [0.1, 0.15) is 6.92 Å². The van der Waals surface area contributed by atoms with Gasteiger partial charge in [0.25, 0.3) is 0 Å². The first-order valence-corrected chi connectivity index (χ1v) is 6.47. The second kappa shape index (κ2) is 5.84. The van der Waals surface area contributed by atoms with Crippen molar-refractivity contribution in [3.63, 3.8) is 0 Å². The van der Waals surface area contributed by atoms with Crippen LogP contribution >= 0.6 is 11.8 Å². The maximum Gasteiger partial charge on any atom is 0.195 e. The van der Waals surface area contributed by atoms with Gasteiger partial charge in [-0.15, -0.1) is 16.8 Å². The van der Waals surface area contributed by atoms with E-state index < -0.39 is 0 Å². The largest absolute Gasteiger partial charge is 0.312 e. The van der Waals surface area contributed by atoms with E-state index in [-0.39, 0.29) is 0 Å². The van der Waals surface area contributed by atoms with Crippen molar-refractivity contribution in [2.24, 2.45) is 0 Å². The minimum atomic E-state index is 0.447. The van der Waals surface area contributed by atoms with E-state index in [0.29, 0.717) is 5.25 Å². The van der Waals surface area contributed by atoms with Crippen molar-refractivity contribution in [3.8, 4) is 0 Å². The molecule has 1 N–H and O–H groups in total. The predicted molar refractivity (Wildman–Crippen MR) is 71.4 cm³/mol. The number of pyridine rings is 1.